The molecule has 4 rings (SSSR count). The van der Waals surface area contributed by atoms with Gasteiger partial charge in [0.05, 0.1) is 38.5 Å². The molecule has 0 aliphatic carbocycles. The van der Waals surface area contributed by atoms with Crippen molar-refractivity contribution < 1.29 is 28.9 Å². The van der Waals surface area contributed by atoms with Gasteiger partial charge in [0, 0.05) is 6.07 Å². The van der Waals surface area contributed by atoms with Gasteiger partial charge in [-0.25, -0.2) is 0 Å². The third-order valence-electron chi connectivity index (χ3n) is 5.06. The molecule has 3 heterocycles. The van der Waals surface area contributed by atoms with E-state index in [2.05, 4.69) is 0 Å². The molecular weight excluding hydrogens is 314 g/mol. The molecular formula is C17H17NO6. The van der Waals surface area contributed by atoms with Crippen LogP contribution in [-0.4, -0.2) is 49.5 Å². The third-order valence-corrected chi connectivity index (χ3v) is 5.06. The molecule has 1 aromatic carbocycles. The summed E-state index contributed by atoms with van der Waals surface area (Å²) in [5.74, 6) is -1.72. The van der Waals surface area contributed by atoms with Gasteiger partial charge in [-0.1, -0.05) is 12.2 Å². The minimum Gasteiger partial charge on any atom is -0.497 e. The average molecular weight is 331 g/mol. The summed E-state index contributed by atoms with van der Waals surface area (Å²) >= 11 is 0. The van der Waals surface area contributed by atoms with Crippen molar-refractivity contribution in [1.82, 2.24) is 0 Å². The molecule has 4 atom stereocenters. The summed E-state index contributed by atoms with van der Waals surface area (Å²) in [6.07, 6.45) is 3.05. The van der Waals surface area contributed by atoms with E-state index in [1.54, 1.807) is 36.3 Å². The summed E-state index contributed by atoms with van der Waals surface area (Å²) in [4.78, 5) is 26.1. The van der Waals surface area contributed by atoms with Gasteiger partial charge in [-0.15, -0.1) is 0 Å². The highest BCUT2D eigenvalue weighted by molar-refractivity contribution is 6.03. The molecule has 0 aromatic heterocycles. The molecule has 24 heavy (non-hydrogen) atoms. The van der Waals surface area contributed by atoms with Crippen LogP contribution in [0.1, 0.15) is 0 Å². The first kappa shape index (κ1) is 15.0. The van der Waals surface area contributed by atoms with Crippen molar-refractivity contribution in [3.8, 4) is 11.5 Å². The van der Waals surface area contributed by atoms with Gasteiger partial charge < -0.3 is 24.2 Å². The monoisotopic (exact) mass is 331 g/mol. The third kappa shape index (κ3) is 1.81. The van der Waals surface area contributed by atoms with E-state index in [0.29, 0.717) is 17.2 Å². The van der Waals surface area contributed by atoms with E-state index >= 15 is 0 Å². The molecule has 1 amide bonds. The Morgan fingerprint density at radius 1 is 1.38 bits per heavy atom. The van der Waals surface area contributed by atoms with Crippen molar-refractivity contribution in [3.63, 3.8) is 0 Å². The minimum absolute atomic E-state index is 0.252. The fourth-order valence-corrected chi connectivity index (χ4v) is 3.99. The van der Waals surface area contributed by atoms with Crippen LogP contribution in [-0.2, 0) is 14.3 Å². The van der Waals surface area contributed by atoms with Gasteiger partial charge in [0.25, 0.3) is 0 Å². The summed E-state index contributed by atoms with van der Waals surface area (Å²) < 4.78 is 16.4. The number of ether oxygens (including phenoxy) is 3. The lowest BCUT2D eigenvalue weighted by atomic mass is 9.77. The molecule has 0 saturated carbocycles. The summed E-state index contributed by atoms with van der Waals surface area (Å²) in [6, 6.07) is 5.16. The number of benzene rings is 1. The van der Waals surface area contributed by atoms with Crippen LogP contribution in [0.2, 0.25) is 0 Å². The summed E-state index contributed by atoms with van der Waals surface area (Å²) in [5.41, 5.74) is -0.285. The maximum Gasteiger partial charge on any atom is 0.310 e. The van der Waals surface area contributed by atoms with Gasteiger partial charge in [-0.3, -0.25) is 9.59 Å². The van der Waals surface area contributed by atoms with Crippen molar-refractivity contribution in [2.75, 3.05) is 25.7 Å². The second-order valence-corrected chi connectivity index (χ2v) is 6.20. The standard InChI is InChI=1S/C17H17NO6/c1-22-9-3-4-10(12(7-9)23-2)18-8-17-6-5-11(24-17)13(16(20)21)14(17)15(18)19/h3-7,11,13-14H,8H2,1-2H3,(H,20,21)/t11-,13+,14+,17+/m0/s1. The number of methoxy groups -OCH3 is 2. The van der Waals surface area contributed by atoms with Crippen molar-refractivity contribution >= 4 is 17.6 Å². The number of carbonyl (C=O) groups excluding carboxylic acids is 1. The zero-order chi connectivity index (χ0) is 17.1. The largest absolute Gasteiger partial charge is 0.497 e. The molecule has 1 aromatic rings. The van der Waals surface area contributed by atoms with E-state index in [9.17, 15) is 14.7 Å². The zero-order valence-electron chi connectivity index (χ0n) is 13.3. The number of anilines is 1. The van der Waals surface area contributed by atoms with Gasteiger partial charge in [0.2, 0.25) is 5.91 Å². The van der Waals surface area contributed by atoms with E-state index in [4.69, 9.17) is 14.2 Å². The molecule has 2 saturated heterocycles. The maximum atomic E-state index is 13.0. The number of hydrogen-bond acceptors (Lipinski definition) is 5. The van der Waals surface area contributed by atoms with Crippen LogP contribution in [0, 0.1) is 11.8 Å². The first-order valence-electron chi connectivity index (χ1n) is 7.64. The van der Waals surface area contributed by atoms with Crippen LogP contribution in [0.25, 0.3) is 0 Å². The molecule has 2 bridgehead atoms. The number of hydrogen-bond donors (Lipinski definition) is 1. The summed E-state index contributed by atoms with van der Waals surface area (Å²) in [7, 11) is 3.06. The Kier molecular flexibility index (Phi) is 3.11. The number of fused-ring (bicyclic) bond motifs is 1. The Hall–Kier alpha value is -2.54. The van der Waals surface area contributed by atoms with Crippen molar-refractivity contribution in [2.45, 2.75) is 11.7 Å². The zero-order valence-corrected chi connectivity index (χ0v) is 13.3. The smallest absolute Gasteiger partial charge is 0.310 e. The molecule has 126 valence electrons. The van der Waals surface area contributed by atoms with Crippen LogP contribution in [0.4, 0.5) is 5.69 Å². The molecule has 2 fully saturated rings. The molecule has 3 aliphatic rings. The number of carboxylic acid groups (broad SMARTS) is 1. The normalized spacial score (nSPS) is 33.0. The van der Waals surface area contributed by atoms with Crippen LogP contribution in [0.3, 0.4) is 0 Å². The topological polar surface area (TPSA) is 85.3 Å². The molecule has 3 aliphatic heterocycles. The van der Waals surface area contributed by atoms with E-state index in [1.807, 2.05) is 6.08 Å². The Bertz CT molecular complexity index is 759. The minimum atomic E-state index is -1.01. The fraction of sp³-hybridized carbons (Fsp3) is 0.412. The number of amides is 1. The Morgan fingerprint density at radius 3 is 2.83 bits per heavy atom. The number of carboxylic acids is 1. The van der Waals surface area contributed by atoms with Crippen LogP contribution < -0.4 is 14.4 Å². The molecule has 0 radical (unpaired) electrons. The Labute approximate surface area is 138 Å². The van der Waals surface area contributed by atoms with Crippen LogP contribution in [0.5, 0.6) is 11.5 Å². The molecule has 7 heteroatoms. The highest BCUT2D eigenvalue weighted by Crippen LogP contribution is 2.53. The molecule has 0 unspecified atom stereocenters. The van der Waals surface area contributed by atoms with Crippen LogP contribution in [0.15, 0.2) is 30.4 Å². The van der Waals surface area contributed by atoms with Gasteiger partial charge in [0.1, 0.15) is 23.0 Å². The lowest BCUT2D eigenvalue weighted by Gasteiger charge is -2.23. The highest BCUT2D eigenvalue weighted by atomic mass is 16.5. The van der Waals surface area contributed by atoms with E-state index < -0.39 is 29.5 Å². The number of rotatable bonds is 4. The van der Waals surface area contributed by atoms with Gasteiger partial charge in [-0.2, -0.15) is 0 Å². The Balaban J connectivity index is 1.74. The lowest BCUT2D eigenvalue weighted by molar-refractivity contribution is -0.146. The average Bonchev–Trinajstić information content (AvgIpc) is 3.22. The summed E-state index contributed by atoms with van der Waals surface area (Å²) in [5, 5.41) is 9.50. The SMILES string of the molecule is COc1ccc(N2C[C@@]34C=C[C@H](O3)[C@@H](C(=O)O)[C@@H]4C2=O)c(OC)c1. The van der Waals surface area contributed by atoms with E-state index in [0.717, 1.165) is 0 Å². The number of nitrogens with zero attached hydrogens (tertiary/aromatic N) is 1. The second kappa shape index (κ2) is 4.98. The first-order valence-corrected chi connectivity index (χ1v) is 7.64. The van der Waals surface area contributed by atoms with Gasteiger partial charge >= 0.3 is 5.97 Å². The van der Waals surface area contributed by atoms with Crippen molar-refractivity contribution in [3.05, 3.63) is 30.4 Å². The second-order valence-electron chi connectivity index (χ2n) is 6.20. The van der Waals surface area contributed by atoms with Gasteiger partial charge in [-0.05, 0) is 12.1 Å². The van der Waals surface area contributed by atoms with E-state index in [1.165, 1.54) is 7.11 Å². The highest BCUT2D eigenvalue weighted by Gasteiger charge is 2.67. The van der Waals surface area contributed by atoms with E-state index in [-0.39, 0.29) is 12.5 Å². The van der Waals surface area contributed by atoms with Crippen molar-refractivity contribution in [1.29, 1.82) is 0 Å². The molecule has 1 N–H and O–H groups in total. The number of carbonyl (C=O) groups is 2. The lowest BCUT2D eigenvalue weighted by Crippen LogP contribution is -2.39. The predicted molar refractivity (Wildman–Crippen MR) is 83.3 cm³/mol. The van der Waals surface area contributed by atoms with Crippen molar-refractivity contribution in [2.24, 2.45) is 11.8 Å². The quantitative estimate of drug-likeness (QED) is 0.831. The first-order chi connectivity index (χ1) is 11.5. The summed E-state index contributed by atoms with van der Waals surface area (Å²) in [6.45, 7) is 0.274. The fourth-order valence-electron chi connectivity index (χ4n) is 3.99. The number of aliphatic carboxylic acids is 1. The Morgan fingerprint density at radius 2 is 2.17 bits per heavy atom. The predicted octanol–water partition coefficient (Wildman–Crippen LogP) is 1.07. The van der Waals surface area contributed by atoms with Gasteiger partial charge in [0.15, 0.2) is 0 Å². The maximum absolute atomic E-state index is 13.0. The van der Waals surface area contributed by atoms with Crippen LogP contribution >= 0.6 is 0 Å². The molecule has 1 spiro atoms. The molecule has 7 nitrogen and oxygen atoms in total.